The normalized spacial score (nSPS) is 11.7. The Morgan fingerprint density at radius 3 is 1.93 bits per heavy atom. The molecule has 3 nitrogen and oxygen atoms in total. The fraction of sp³-hybridized carbons (Fsp3) is 0.0256. The highest BCUT2D eigenvalue weighted by Gasteiger charge is 2.18. The van der Waals surface area contributed by atoms with Gasteiger partial charge in [0.1, 0.15) is 5.58 Å². The molecule has 0 unspecified atom stereocenters. The average molecular weight is 543 g/mol. The van der Waals surface area contributed by atoms with Gasteiger partial charge in [-0.3, -0.25) is 0 Å². The van der Waals surface area contributed by atoms with Crippen molar-refractivity contribution in [3.63, 3.8) is 0 Å². The van der Waals surface area contributed by atoms with Gasteiger partial charge in [-0.25, -0.2) is 0 Å². The van der Waals surface area contributed by atoms with Gasteiger partial charge in [-0.2, -0.15) is 0 Å². The number of anilines is 4. The van der Waals surface area contributed by atoms with Crippen molar-refractivity contribution in [2.24, 2.45) is 0 Å². The Labute approximate surface area is 245 Å². The van der Waals surface area contributed by atoms with Crippen molar-refractivity contribution in [1.29, 1.82) is 0 Å². The van der Waals surface area contributed by atoms with Gasteiger partial charge in [0.15, 0.2) is 5.88 Å². The zero-order valence-electron chi connectivity index (χ0n) is 23.4. The van der Waals surface area contributed by atoms with Crippen LogP contribution in [0.1, 0.15) is 18.1 Å². The van der Waals surface area contributed by atoms with Gasteiger partial charge in [0.2, 0.25) is 0 Å². The zero-order chi connectivity index (χ0) is 28.5. The summed E-state index contributed by atoms with van der Waals surface area (Å²) in [5.41, 5.74) is 15.9. The van der Waals surface area contributed by atoms with Crippen molar-refractivity contribution in [3.8, 4) is 11.1 Å². The van der Waals surface area contributed by atoms with E-state index in [0.717, 1.165) is 44.7 Å². The van der Waals surface area contributed by atoms with E-state index in [0.29, 0.717) is 5.88 Å². The molecule has 0 amide bonds. The first-order valence-electron chi connectivity index (χ1n) is 14.2. The van der Waals surface area contributed by atoms with E-state index in [1.807, 2.05) is 31.2 Å². The Morgan fingerprint density at radius 1 is 0.595 bits per heavy atom. The van der Waals surface area contributed by atoms with E-state index in [1.165, 1.54) is 21.9 Å². The van der Waals surface area contributed by atoms with E-state index in [9.17, 15) is 0 Å². The lowest BCUT2D eigenvalue weighted by atomic mass is 9.96. The maximum atomic E-state index is 6.36. The number of para-hydroxylation sites is 2. The third-order valence-electron chi connectivity index (χ3n) is 7.84. The first kappa shape index (κ1) is 25.4. The molecule has 7 rings (SSSR count). The number of rotatable bonds is 6. The van der Waals surface area contributed by atoms with E-state index in [1.54, 1.807) is 0 Å². The highest BCUT2D eigenvalue weighted by atomic mass is 16.3. The number of nitrogen functional groups attached to an aromatic ring is 1. The molecular formula is C39H30N2O. The van der Waals surface area contributed by atoms with Crippen molar-refractivity contribution in [3.05, 3.63) is 163 Å². The van der Waals surface area contributed by atoms with Crippen molar-refractivity contribution in [2.45, 2.75) is 6.92 Å². The second-order valence-electron chi connectivity index (χ2n) is 10.4. The molecule has 0 saturated carbocycles. The molecule has 0 aliphatic heterocycles. The molecule has 0 atom stereocenters. The molecule has 0 aliphatic rings. The Kier molecular flexibility index (Phi) is 6.54. The van der Waals surface area contributed by atoms with Crippen LogP contribution in [0.3, 0.4) is 0 Å². The molecule has 202 valence electrons. The van der Waals surface area contributed by atoms with Crippen LogP contribution >= 0.6 is 0 Å². The quantitative estimate of drug-likeness (QED) is 0.227. The second-order valence-corrected chi connectivity index (χ2v) is 10.4. The molecule has 6 aromatic carbocycles. The van der Waals surface area contributed by atoms with Crippen LogP contribution in [-0.4, -0.2) is 0 Å². The number of hydrogen-bond acceptors (Lipinski definition) is 3. The Hall–Kier alpha value is -5.54. The maximum absolute atomic E-state index is 6.36. The van der Waals surface area contributed by atoms with Gasteiger partial charge in [0.25, 0.3) is 0 Å². The number of fused-ring (bicyclic) bond motifs is 2. The van der Waals surface area contributed by atoms with Gasteiger partial charge in [0.05, 0.1) is 5.56 Å². The summed E-state index contributed by atoms with van der Waals surface area (Å²) in [5.74, 6) is 0.436. The van der Waals surface area contributed by atoms with Crippen LogP contribution in [0, 0.1) is 0 Å². The van der Waals surface area contributed by atoms with Crippen LogP contribution in [0.4, 0.5) is 22.9 Å². The number of hydrogen-bond donors (Lipinski definition) is 1. The summed E-state index contributed by atoms with van der Waals surface area (Å²) in [6, 6.07) is 51.0. The molecule has 0 aliphatic carbocycles. The van der Waals surface area contributed by atoms with Crippen LogP contribution in [0.15, 0.2) is 156 Å². The molecule has 0 fully saturated rings. The molecule has 0 bridgehead atoms. The fourth-order valence-electron chi connectivity index (χ4n) is 5.78. The molecule has 1 heterocycles. The van der Waals surface area contributed by atoms with E-state index < -0.39 is 0 Å². The highest BCUT2D eigenvalue weighted by molar-refractivity contribution is 6.00. The van der Waals surface area contributed by atoms with E-state index >= 15 is 0 Å². The summed E-state index contributed by atoms with van der Waals surface area (Å²) in [7, 11) is 0. The molecule has 0 saturated heterocycles. The molecule has 2 N–H and O–H groups in total. The second kappa shape index (κ2) is 10.8. The largest absolute Gasteiger partial charge is 0.440 e. The molecule has 0 spiro atoms. The predicted octanol–water partition coefficient (Wildman–Crippen LogP) is 10.8. The highest BCUT2D eigenvalue weighted by Crippen LogP contribution is 2.39. The van der Waals surface area contributed by atoms with Gasteiger partial charge in [-0.15, -0.1) is 0 Å². The zero-order valence-corrected chi connectivity index (χ0v) is 23.4. The van der Waals surface area contributed by atoms with Gasteiger partial charge < -0.3 is 15.1 Å². The summed E-state index contributed by atoms with van der Waals surface area (Å²) in [4.78, 5) is 2.28. The van der Waals surface area contributed by atoms with Gasteiger partial charge in [-0.1, -0.05) is 103 Å². The van der Waals surface area contributed by atoms with Crippen molar-refractivity contribution in [1.82, 2.24) is 0 Å². The molecule has 1 aromatic heterocycles. The van der Waals surface area contributed by atoms with Crippen LogP contribution in [0.5, 0.6) is 0 Å². The van der Waals surface area contributed by atoms with Crippen molar-refractivity contribution in [2.75, 3.05) is 10.6 Å². The fourth-order valence-corrected chi connectivity index (χ4v) is 5.78. The van der Waals surface area contributed by atoms with Gasteiger partial charge in [-0.05, 0) is 88.5 Å². The molecule has 3 heteroatoms. The number of benzene rings is 6. The van der Waals surface area contributed by atoms with Crippen molar-refractivity contribution < 1.29 is 4.42 Å². The number of nitrogens with zero attached hydrogens (tertiary/aromatic N) is 1. The first-order chi connectivity index (χ1) is 20.7. The molecule has 7 aromatic rings. The minimum absolute atomic E-state index is 0.436. The summed E-state index contributed by atoms with van der Waals surface area (Å²) in [6.07, 6.45) is 2.10. The standard InChI is InChI=1S/C39H30N2O/c1-2-35(38-36-14-8-9-15-37(36)42-39(38)40)29-20-24-34(25-21-29)41(32-12-4-3-5-13-32)33-22-18-28(19-23-33)31-17-16-27-10-6-7-11-30(27)26-31/h2-26H,40H2,1H3/b35-2-. The summed E-state index contributed by atoms with van der Waals surface area (Å²) in [5, 5.41) is 3.52. The predicted molar refractivity (Wildman–Crippen MR) is 177 cm³/mol. The lowest BCUT2D eigenvalue weighted by molar-refractivity contribution is 0.636. The van der Waals surface area contributed by atoms with E-state index in [-0.39, 0.29) is 0 Å². The lowest BCUT2D eigenvalue weighted by Gasteiger charge is -2.26. The third-order valence-corrected chi connectivity index (χ3v) is 7.84. The van der Waals surface area contributed by atoms with Gasteiger partial charge >= 0.3 is 0 Å². The Balaban J connectivity index is 1.25. The van der Waals surface area contributed by atoms with Gasteiger partial charge in [0, 0.05) is 22.4 Å². The smallest absolute Gasteiger partial charge is 0.199 e. The minimum atomic E-state index is 0.436. The Morgan fingerprint density at radius 2 is 1.19 bits per heavy atom. The van der Waals surface area contributed by atoms with Crippen LogP contribution in [0.2, 0.25) is 0 Å². The van der Waals surface area contributed by atoms with E-state index in [2.05, 4.69) is 132 Å². The first-order valence-corrected chi connectivity index (χ1v) is 14.2. The number of nitrogens with two attached hydrogens (primary N) is 1. The average Bonchev–Trinajstić information content (AvgIpc) is 3.38. The monoisotopic (exact) mass is 542 g/mol. The minimum Gasteiger partial charge on any atom is -0.440 e. The number of allylic oxidation sites excluding steroid dienone is 1. The molecule has 42 heavy (non-hydrogen) atoms. The lowest BCUT2D eigenvalue weighted by Crippen LogP contribution is -2.09. The van der Waals surface area contributed by atoms with Crippen LogP contribution < -0.4 is 10.6 Å². The summed E-state index contributed by atoms with van der Waals surface area (Å²) in [6.45, 7) is 2.04. The Bertz CT molecular complexity index is 2040. The summed E-state index contributed by atoms with van der Waals surface area (Å²) < 4.78 is 5.87. The van der Waals surface area contributed by atoms with Crippen LogP contribution in [-0.2, 0) is 0 Å². The van der Waals surface area contributed by atoms with Crippen LogP contribution in [0.25, 0.3) is 38.4 Å². The van der Waals surface area contributed by atoms with E-state index in [4.69, 9.17) is 10.2 Å². The molecule has 0 radical (unpaired) electrons. The third kappa shape index (κ3) is 4.61. The summed E-state index contributed by atoms with van der Waals surface area (Å²) >= 11 is 0. The number of furan rings is 1. The molecular weight excluding hydrogens is 512 g/mol. The maximum Gasteiger partial charge on any atom is 0.199 e. The topological polar surface area (TPSA) is 42.4 Å². The van der Waals surface area contributed by atoms with Crippen molar-refractivity contribution >= 4 is 50.3 Å². The SMILES string of the molecule is C/C=C(/c1ccc(N(c2ccccc2)c2ccc(-c3ccc4ccccc4c3)cc2)cc1)c1c(N)oc2ccccc12.